The molecule has 0 radical (unpaired) electrons. The Morgan fingerprint density at radius 1 is 1.18 bits per heavy atom. The predicted octanol–water partition coefficient (Wildman–Crippen LogP) is 3.77. The summed E-state index contributed by atoms with van der Waals surface area (Å²) in [6, 6.07) is 11.6. The number of halogens is 1. The molecule has 0 fully saturated rings. The minimum atomic E-state index is -0.138. The van der Waals surface area contributed by atoms with E-state index in [-0.39, 0.29) is 5.82 Å². The van der Waals surface area contributed by atoms with Gasteiger partial charge in [-0.3, -0.25) is 0 Å². The van der Waals surface area contributed by atoms with Crippen LogP contribution in [0.2, 0.25) is 0 Å². The van der Waals surface area contributed by atoms with E-state index in [9.17, 15) is 4.39 Å². The van der Waals surface area contributed by atoms with Crippen LogP contribution in [-0.4, -0.2) is 6.54 Å². The van der Waals surface area contributed by atoms with Crippen LogP contribution in [0.15, 0.2) is 36.4 Å². The number of hydrogen-bond acceptors (Lipinski definition) is 1. The van der Waals surface area contributed by atoms with Gasteiger partial charge in [0.2, 0.25) is 0 Å². The lowest BCUT2D eigenvalue weighted by Crippen LogP contribution is -1.90. The number of rotatable bonds is 1. The second-order valence-electron chi connectivity index (χ2n) is 4.46. The summed E-state index contributed by atoms with van der Waals surface area (Å²) in [6.45, 7) is 2.83. The predicted molar refractivity (Wildman–Crippen MR) is 68.8 cm³/mol. The van der Waals surface area contributed by atoms with Gasteiger partial charge in [0.05, 0.1) is 0 Å². The van der Waals surface area contributed by atoms with Gasteiger partial charge in [-0.05, 0) is 53.8 Å². The van der Waals surface area contributed by atoms with Gasteiger partial charge in [0.15, 0.2) is 0 Å². The van der Waals surface area contributed by atoms with E-state index in [2.05, 4.69) is 23.5 Å². The third-order valence-electron chi connectivity index (χ3n) is 3.39. The number of hydrogen-bond donors (Lipinski definition) is 1. The molecule has 0 bridgehead atoms. The van der Waals surface area contributed by atoms with Crippen molar-refractivity contribution in [1.82, 2.24) is 0 Å². The maximum atomic E-state index is 13.5. The second-order valence-corrected chi connectivity index (χ2v) is 4.46. The molecular weight excluding hydrogens is 213 g/mol. The third-order valence-corrected chi connectivity index (χ3v) is 3.39. The van der Waals surface area contributed by atoms with Crippen molar-refractivity contribution in [2.45, 2.75) is 13.3 Å². The van der Waals surface area contributed by atoms with Crippen molar-refractivity contribution in [2.75, 3.05) is 11.9 Å². The lowest BCUT2D eigenvalue weighted by Gasteiger charge is -2.08. The highest BCUT2D eigenvalue weighted by Crippen LogP contribution is 2.30. The van der Waals surface area contributed by atoms with Crippen LogP contribution in [0.25, 0.3) is 11.1 Å². The molecule has 0 aromatic heterocycles. The normalized spacial score (nSPS) is 13.3. The molecular formula is C15H14FN. The molecule has 2 aromatic rings. The zero-order valence-electron chi connectivity index (χ0n) is 9.76. The van der Waals surface area contributed by atoms with Crippen LogP contribution in [0.5, 0.6) is 0 Å². The van der Waals surface area contributed by atoms with E-state index in [0.29, 0.717) is 0 Å². The van der Waals surface area contributed by atoms with Gasteiger partial charge in [0, 0.05) is 12.2 Å². The molecule has 1 N–H and O–H groups in total. The quantitative estimate of drug-likeness (QED) is 0.782. The van der Waals surface area contributed by atoms with Crippen molar-refractivity contribution in [3.05, 3.63) is 53.3 Å². The highest BCUT2D eigenvalue weighted by molar-refractivity contribution is 5.72. The molecule has 0 unspecified atom stereocenters. The molecule has 1 aliphatic rings. The SMILES string of the molecule is Cc1c(F)cccc1-c1ccc2c(c1)CCN2. The molecule has 17 heavy (non-hydrogen) atoms. The molecule has 0 saturated carbocycles. The highest BCUT2D eigenvalue weighted by Gasteiger charge is 2.12. The molecule has 3 rings (SSSR count). The number of benzene rings is 2. The standard InChI is InChI=1S/C15H14FN/c1-10-13(3-2-4-14(10)16)11-5-6-15-12(9-11)7-8-17-15/h2-6,9,17H,7-8H2,1H3. The van der Waals surface area contributed by atoms with Gasteiger partial charge in [-0.2, -0.15) is 0 Å². The zero-order valence-corrected chi connectivity index (χ0v) is 9.76. The highest BCUT2D eigenvalue weighted by atomic mass is 19.1. The van der Waals surface area contributed by atoms with Gasteiger partial charge in [0.1, 0.15) is 5.82 Å². The molecule has 2 aromatic carbocycles. The molecule has 86 valence electrons. The average Bonchev–Trinajstić information content (AvgIpc) is 2.79. The van der Waals surface area contributed by atoms with Gasteiger partial charge < -0.3 is 5.32 Å². The molecule has 1 heterocycles. The molecule has 1 aliphatic heterocycles. The smallest absolute Gasteiger partial charge is 0.126 e. The fraction of sp³-hybridized carbons (Fsp3) is 0.200. The summed E-state index contributed by atoms with van der Waals surface area (Å²) in [6.07, 6.45) is 1.05. The van der Waals surface area contributed by atoms with Crippen molar-refractivity contribution in [3.63, 3.8) is 0 Å². The van der Waals surface area contributed by atoms with E-state index in [1.165, 1.54) is 17.3 Å². The summed E-state index contributed by atoms with van der Waals surface area (Å²) in [5.74, 6) is -0.138. The van der Waals surface area contributed by atoms with E-state index in [1.807, 2.05) is 13.0 Å². The summed E-state index contributed by atoms with van der Waals surface area (Å²) in [4.78, 5) is 0. The molecule has 0 spiro atoms. The fourth-order valence-corrected chi connectivity index (χ4v) is 2.39. The molecule has 0 saturated heterocycles. The summed E-state index contributed by atoms with van der Waals surface area (Å²) in [5.41, 5.74) is 5.34. The van der Waals surface area contributed by atoms with E-state index in [1.54, 1.807) is 6.07 Å². The summed E-state index contributed by atoms with van der Waals surface area (Å²) < 4.78 is 13.5. The number of nitrogens with one attached hydrogen (secondary N) is 1. The van der Waals surface area contributed by atoms with Crippen molar-refractivity contribution in [2.24, 2.45) is 0 Å². The Kier molecular flexibility index (Phi) is 2.36. The third kappa shape index (κ3) is 1.70. The molecule has 2 heteroatoms. The molecule has 0 aliphatic carbocycles. The second kappa shape index (κ2) is 3.88. The van der Waals surface area contributed by atoms with Crippen LogP contribution < -0.4 is 5.32 Å². The monoisotopic (exact) mass is 227 g/mol. The van der Waals surface area contributed by atoms with Crippen LogP contribution in [0.1, 0.15) is 11.1 Å². The Labute approximate surface area is 100 Å². The Morgan fingerprint density at radius 2 is 2.06 bits per heavy atom. The van der Waals surface area contributed by atoms with Gasteiger partial charge >= 0.3 is 0 Å². The van der Waals surface area contributed by atoms with Crippen molar-refractivity contribution < 1.29 is 4.39 Å². The molecule has 1 nitrogen and oxygen atoms in total. The Hall–Kier alpha value is -1.83. The summed E-state index contributed by atoms with van der Waals surface area (Å²) >= 11 is 0. The van der Waals surface area contributed by atoms with E-state index < -0.39 is 0 Å². The summed E-state index contributed by atoms with van der Waals surface area (Å²) in [5, 5.41) is 3.33. The Bertz CT molecular complexity index is 575. The lowest BCUT2D eigenvalue weighted by atomic mass is 9.98. The Balaban J connectivity index is 2.13. The van der Waals surface area contributed by atoms with Crippen LogP contribution in [-0.2, 0) is 6.42 Å². The number of anilines is 1. The maximum absolute atomic E-state index is 13.5. The Morgan fingerprint density at radius 3 is 2.94 bits per heavy atom. The minimum Gasteiger partial charge on any atom is -0.384 e. The van der Waals surface area contributed by atoms with Gasteiger partial charge in [-0.1, -0.05) is 18.2 Å². The van der Waals surface area contributed by atoms with Gasteiger partial charge in [-0.25, -0.2) is 4.39 Å². The minimum absolute atomic E-state index is 0.138. The molecule has 0 atom stereocenters. The van der Waals surface area contributed by atoms with E-state index in [4.69, 9.17) is 0 Å². The van der Waals surface area contributed by atoms with Crippen molar-refractivity contribution in [3.8, 4) is 11.1 Å². The van der Waals surface area contributed by atoms with Crippen molar-refractivity contribution in [1.29, 1.82) is 0 Å². The van der Waals surface area contributed by atoms with E-state index >= 15 is 0 Å². The molecule has 0 amide bonds. The number of fused-ring (bicyclic) bond motifs is 1. The van der Waals surface area contributed by atoms with Crippen molar-refractivity contribution >= 4 is 5.69 Å². The van der Waals surface area contributed by atoms with Crippen LogP contribution in [0.4, 0.5) is 10.1 Å². The zero-order chi connectivity index (χ0) is 11.8. The van der Waals surface area contributed by atoms with Crippen LogP contribution in [0, 0.1) is 12.7 Å². The summed E-state index contributed by atoms with van der Waals surface area (Å²) in [7, 11) is 0. The van der Waals surface area contributed by atoms with Gasteiger partial charge in [0.25, 0.3) is 0 Å². The first-order chi connectivity index (χ1) is 8.25. The first-order valence-electron chi connectivity index (χ1n) is 5.88. The lowest BCUT2D eigenvalue weighted by molar-refractivity contribution is 0.619. The first kappa shape index (κ1) is 10.3. The van der Waals surface area contributed by atoms with Crippen LogP contribution >= 0.6 is 0 Å². The van der Waals surface area contributed by atoms with E-state index in [0.717, 1.165) is 29.7 Å². The topological polar surface area (TPSA) is 12.0 Å². The average molecular weight is 227 g/mol. The first-order valence-corrected chi connectivity index (χ1v) is 5.88. The fourth-order valence-electron chi connectivity index (χ4n) is 2.39. The largest absolute Gasteiger partial charge is 0.384 e. The van der Waals surface area contributed by atoms with Crippen LogP contribution in [0.3, 0.4) is 0 Å². The van der Waals surface area contributed by atoms with Gasteiger partial charge in [-0.15, -0.1) is 0 Å². The maximum Gasteiger partial charge on any atom is 0.126 e.